The lowest BCUT2D eigenvalue weighted by Gasteiger charge is -2.10. The molecule has 3 nitrogen and oxygen atoms in total. The van der Waals surface area contributed by atoms with Crippen LogP contribution in [-0.4, -0.2) is 4.98 Å². The summed E-state index contributed by atoms with van der Waals surface area (Å²) in [6.07, 6.45) is 1.84. The third-order valence-corrected chi connectivity index (χ3v) is 6.33. The van der Waals surface area contributed by atoms with E-state index in [-0.39, 0.29) is 0 Å². The fourth-order valence-electron chi connectivity index (χ4n) is 2.73. The second-order valence-corrected chi connectivity index (χ2v) is 8.88. The Morgan fingerprint density at radius 2 is 1.93 bits per heavy atom. The Labute approximate surface area is 182 Å². The third-order valence-electron chi connectivity index (χ3n) is 4.07. The van der Waals surface area contributed by atoms with Gasteiger partial charge in [-0.15, -0.1) is 11.3 Å². The SMILES string of the molecule is N#C/C(=C/c1ccccc1OCc1cccc(Cl)c1)Sc1nc2ccccc2s1. The van der Waals surface area contributed by atoms with Gasteiger partial charge in [-0.3, -0.25) is 0 Å². The Morgan fingerprint density at radius 1 is 1.10 bits per heavy atom. The van der Waals surface area contributed by atoms with Gasteiger partial charge in [-0.05, 0) is 53.7 Å². The topological polar surface area (TPSA) is 45.9 Å². The van der Waals surface area contributed by atoms with E-state index in [4.69, 9.17) is 16.3 Å². The molecule has 0 unspecified atom stereocenters. The smallest absolute Gasteiger partial charge is 0.156 e. The Balaban J connectivity index is 1.55. The van der Waals surface area contributed by atoms with Crippen LogP contribution in [0.15, 0.2) is 82.0 Å². The predicted molar refractivity (Wildman–Crippen MR) is 121 cm³/mol. The van der Waals surface area contributed by atoms with Gasteiger partial charge in [-0.1, -0.05) is 54.1 Å². The van der Waals surface area contributed by atoms with E-state index in [0.717, 1.165) is 25.7 Å². The first kappa shape index (κ1) is 19.5. The van der Waals surface area contributed by atoms with Crippen LogP contribution in [0.1, 0.15) is 11.1 Å². The van der Waals surface area contributed by atoms with E-state index in [1.165, 1.54) is 11.8 Å². The highest BCUT2D eigenvalue weighted by Crippen LogP contribution is 2.35. The monoisotopic (exact) mass is 434 g/mol. The van der Waals surface area contributed by atoms with E-state index in [1.54, 1.807) is 11.3 Å². The molecule has 142 valence electrons. The van der Waals surface area contributed by atoms with Crippen molar-refractivity contribution in [3.05, 3.63) is 93.9 Å². The van der Waals surface area contributed by atoms with Crippen molar-refractivity contribution in [2.75, 3.05) is 0 Å². The molecule has 0 amide bonds. The summed E-state index contributed by atoms with van der Waals surface area (Å²) in [4.78, 5) is 5.15. The molecule has 0 radical (unpaired) electrons. The van der Waals surface area contributed by atoms with Crippen LogP contribution in [0.5, 0.6) is 5.75 Å². The van der Waals surface area contributed by atoms with Crippen molar-refractivity contribution in [2.45, 2.75) is 10.9 Å². The molecular formula is C23H15ClN2OS2. The van der Waals surface area contributed by atoms with Crippen molar-refractivity contribution in [1.29, 1.82) is 5.26 Å². The van der Waals surface area contributed by atoms with Gasteiger partial charge in [-0.2, -0.15) is 5.26 Å². The maximum atomic E-state index is 9.64. The number of thiazole rings is 1. The highest BCUT2D eigenvalue weighted by molar-refractivity contribution is 8.05. The lowest BCUT2D eigenvalue weighted by atomic mass is 10.2. The number of halogens is 1. The van der Waals surface area contributed by atoms with Gasteiger partial charge in [0.05, 0.1) is 15.1 Å². The van der Waals surface area contributed by atoms with Crippen molar-refractivity contribution < 1.29 is 4.74 Å². The van der Waals surface area contributed by atoms with Crippen molar-refractivity contribution >= 4 is 51.0 Å². The van der Waals surface area contributed by atoms with Crippen molar-refractivity contribution in [2.24, 2.45) is 0 Å². The molecule has 0 spiro atoms. The molecule has 0 aliphatic rings. The molecule has 4 aromatic rings. The number of aromatic nitrogens is 1. The summed E-state index contributed by atoms with van der Waals surface area (Å²) < 4.78 is 7.94. The number of para-hydroxylation sites is 2. The molecule has 0 fully saturated rings. The number of hydrogen-bond acceptors (Lipinski definition) is 5. The van der Waals surface area contributed by atoms with Crippen LogP contribution < -0.4 is 4.74 Å². The van der Waals surface area contributed by atoms with E-state index in [9.17, 15) is 5.26 Å². The molecule has 0 atom stereocenters. The minimum atomic E-state index is 0.401. The van der Waals surface area contributed by atoms with Crippen LogP contribution in [-0.2, 0) is 6.61 Å². The molecule has 3 aromatic carbocycles. The van der Waals surface area contributed by atoms with Gasteiger partial charge in [0.1, 0.15) is 18.4 Å². The van der Waals surface area contributed by atoms with Crippen LogP contribution in [0.3, 0.4) is 0 Å². The maximum Gasteiger partial charge on any atom is 0.156 e. The van der Waals surface area contributed by atoms with Crippen molar-refractivity contribution in [3.63, 3.8) is 0 Å². The van der Waals surface area contributed by atoms with Crippen LogP contribution >= 0.6 is 34.7 Å². The normalized spacial score (nSPS) is 11.4. The highest BCUT2D eigenvalue weighted by Gasteiger charge is 2.09. The summed E-state index contributed by atoms with van der Waals surface area (Å²) in [5.41, 5.74) is 2.78. The number of ether oxygens (including phenoxy) is 1. The summed E-state index contributed by atoms with van der Waals surface area (Å²) in [5.74, 6) is 0.713. The number of nitriles is 1. The molecule has 4 rings (SSSR count). The molecule has 29 heavy (non-hydrogen) atoms. The standard InChI is InChI=1S/C23H15ClN2OS2/c24-18-8-5-6-16(12-18)15-27-21-10-3-1-7-17(21)13-19(14-25)28-23-26-20-9-2-4-11-22(20)29-23/h1-13H,15H2/b19-13-. The van der Waals surface area contributed by atoms with Gasteiger partial charge < -0.3 is 4.74 Å². The second-order valence-electron chi connectivity index (χ2n) is 6.13. The van der Waals surface area contributed by atoms with Crippen LogP contribution in [0.2, 0.25) is 5.02 Å². The summed E-state index contributed by atoms with van der Waals surface area (Å²) in [7, 11) is 0. The van der Waals surface area contributed by atoms with E-state index in [0.29, 0.717) is 22.3 Å². The fraction of sp³-hybridized carbons (Fsp3) is 0.0435. The van der Waals surface area contributed by atoms with Gasteiger partial charge in [0.25, 0.3) is 0 Å². The number of allylic oxidation sites excluding steroid dienone is 1. The first-order valence-electron chi connectivity index (χ1n) is 8.83. The Bertz CT molecular complexity index is 1190. The predicted octanol–water partition coefficient (Wildman–Crippen LogP) is 7.19. The zero-order valence-electron chi connectivity index (χ0n) is 15.2. The average molecular weight is 435 g/mol. The number of fused-ring (bicyclic) bond motifs is 1. The van der Waals surface area contributed by atoms with Gasteiger partial charge >= 0.3 is 0 Å². The zero-order valence-corrected chi connectivity index (χ0v) is 17.6. The molecule has 0 saturated carbocycles. The molecule has 0 bridgehead atoms. The number of thioether (sulfide) groups is 1. The van der Waals surface area contributed by atoms with Gasteiger partial charge in [0.2, 0.25) is 0 Å². The molecule has 0 N–H and O–H groups in total. The van der Waals surface area contributed by atoms with Crippen LogP contribution in [0.4, 0.5) is 0 Å². The zero-order chi connectivity index (χ0) is 20.1. The highest BCUT2D eigenvalue weighted by atomic mass is 35.5. The van der Waals surface area contributed by atoms with Crippen LogP contribution in [0, 0.1) is 11.3 Å². The molecule has 1 heterocycles. The first-order valence-corrected chi connectivity index (χ1v) is 10.8. The molecule has 0 aliphatic carbocycles. The average Bonchev–Trinajstić information content (AvgIpc) is 3.15. The lowest BCUT2D eigenvalue weighted by molar-refractivity contribution is 0.305. The summed E-state index contributed by atoms with van der Waals surface area (Å²) in [5, 5.41) is 10.3. The van der Waals surface area contributed by atoms with Crippen molar-refractivity contribution in [1.82, 2.24) is 4.98 Å². The minimum absolute atomic E-state index is 0.401. The number of rotatable bonds is 6. The quantitative estimate of drug-likeness (QED) is 0.238. The summed E-state index contributed by atoms with van der Waals surface area (Å²) >= 11 is 8.99. The Kier molecular flexibility index (Phi) is 6.16. The second kappa shape index (κ2) is 9.15. The van der Waals surface area contributed by atoms with E-state index >= 15 is 0 Å². The maximum absolute atomic E-state index is 9.64. The molecule has 0 saturated heterocycles. The Morgan fingerprint density at radius 3 is 2.76 bits per heavy atom. The molecular weight excluding hydrogens is 420 g/mol. The third kappa shape index (κ3) is 4.99. The summed E-state index contributed by atoms with van der Waals surface area (Å²) in [6.45, 7) is 0.401. The van der Waals surface area contributed by atoms with E-state index in [2.05, 4.69) is 11.1 Å². The summed E-state index contributed by atoms with van der Waals surface area (Å²) in [6, 6.07) is 25.5. The van der Waals surface area contributed by atoms with Crippen LogP contribution in [0.25, 0.3) is 16.3 Å². The van der Waals surface area contributed by atoms with Crippen molar-refractivity contribution in [3.8, 4) is 11.8 Å². The van der Waals surface area contributed by atoms with E-state index in [1.807, 2.05) is 78.9 Å². The number of nitrogens with zero attached hydrogens (tertiary/aromatic N) is 2. The molecule has 1 aromatic heterocycles. The largest absolute Gasteiger partial charge is 0.488 e. The van der Waals surface area contributed by atoms with Gasteiger partial charge in [0.15, 0.2) is 4.34 Å². The molecule has 0 aliphatic heterocycles. The van der Waals surface area contributed by atoms with Gasteiger partial charge in [-0.25, -0.2) is 4.98 Å². The number of benzene rings is 3. The minimum Gasteiger partial charge on any atom is -0.488 e. The molecule has 6 heteroatoms. The fourth-order valence-corrected chi connectivity index (χ4v) is 4.91. The lowest BCUT2D eigenvalue weighted by Crippen LogP contribution is -1.97. The number of hydrogen-bond donors (Lipinski definition) is 0. The first-order chi connectivity index (χ1) is 14.2. The van der Waals surface area contributed by atoms with Gasteiger partial charge in [0, 0.05) is 10.6 Å². The Hall–Kier alpha value is -2.78. The van der Waals surface area contributed by atoms with E-state index < -0.39 is 0 Å².